The molecule has 2 amide bonds. The van der Waals surface area contributed by atoms with Crippen LogP contribution in [0.15, 0.2) is 72.8 Å². The first-order valence-electron chi connectivity index (χ1n) is 12.0. The van der Waals surface area contributed by atoms with Gasteiger partial charge in [-0.05, 0) is 67.9 Å². The number of hydrogen-bond acceptors (Lipinski definition) is 7. The number of carbonyl (C=O) groups excluding carboxylic acids is 4. The SMILES string of the molecule is CCOc1ccc(C(=O)COC(=O)c2ccc(N3C(=O)CC(NCc4ccc(C)cc4)C3=O)cc2)cc1. The Kier molecular flexibility index (Phi) is 8.10. The van der Waals surface area contributed by atoms with Gasteiger partial charge >= 0.3 is 5.97 Å². The standard InChI is InChI=1S/C29H28N2O6/c1-3-36-24-14-10-21(11-15-24)26(32)18-37-29(35)22-8-12-23(13-9-22)31-27(33)16-25(28(31)34)30-17-20-6-4-19(2)5-7-20/h4-15,25,30H,3,16-18H2,1-2H3. The lowest BCUT2D eigenvalue weighted by atomic mass is 10.1. The second-order valence-electron chi connectivity index (χ2n) is 8.69. The topological polar surface area (TPSA) is 102 Å². The van der Waals surface area contributed by atoms with Gasteiger partial charge in [-0.1, -0.05) is 29.8 Å². The molecule has 1 heterocycles. The molecule has 3 aromatic carbocycles. The molecule has 190 valence electrons. The van der Waals surface area contributed by atoms with Gasteiger partial charge in [0.1, 0.15) is 5.75 Å². The zero-order valence-corrected chi connectivity index (χ0v) is 20.7. The minimum Gasteiger partial charge on any atom is -0.494 e. The molecule has 8 nitrogen and oxygen atoms in total. The van der Waals surface area contributed by atoms with Crippen molar-refractivity contribution in [1.29, 1.82) is 0 Å². The molecule has 8 heteroatoms. The Morgan fingerprint density at radius 3 is 2.22 bits per heavy atom. The molecular weight excluding hydrogens is 472 g/mol. The van der Waals surface area contributed by atoms with E-state index in [2.05, 4.69) is 5.32 Å². The number of hydrogen-bond donors (Lipinski definition) is 1. The predicted molar refractivity (Wildman–Crippen MR) is 138 cm³/mol. The Morgan fingerprint density at radius 1 is 0.919 bits per heavy atom. The molecule has 1 fully saturated rings. The maximum Gasteiger partial charge on any atom is 0.338 e. The van der Waals surface area contributed by atoms with E-state index < -0.39 is 18.6 Å². The molecular formula is C29H28N2O6. The van der Waals surface area contributed by atoms with Gasteiger partial charge in [-0.15, -0.1) is 0 Å². The number of aryl methyl sites for hydroxylation is 1. The van der Waals surface area contributed by atoms with Crippen molar-refractivity contribution in [2.75, 3.05) is 18.1 Å². The Hall–Kier alpha value is -4.30. The number of amides is 2. The molecule has 1 aliphatic rings. The van der Waals surface area contributed by atoms with Gasteiger partial charge in [0.25, 0.3) is 5.91 Å². The summed E-state index contributed by atoms with van der Waals surface area (Å²) in [5.74, 6) is -1.02. The fourth-order valence-corrected chi connectivity index (χ4v) is 3.96. The van der Waals surface area contributed by atoms with Gasteiger partial charge in [0.15, 0.2) is 12.4 Å². The Bertz CT molecular complexity index is 1280. The van der Waals surface area contributed by atoms with Crippen molar-refractivity contribution in [3.63, 3.8) is 0 Å². The molecule has 1 aliphatic heterocycles. The third-order valence-corrected chi connectivity index (χ3v) is 6.00. The number of esters is 1. The quantitative estimate of drug-likeness (QED) is 0.256. The summed E-state index contributed by atoms with van der Waals surface area (Å²) in [5, 5.41) is 3.15. The summed E-state index contributed by atoms with van der Waals surface area (Å²) < 4.78 is 10.5. The number of nitrogens with zero attached hydrogens (tertiary/aromatic N) is 1. The van der Waals surface area contributed by atoms with Crippen molar-refractivity contribution in [3.8, 4) is 5.75 Å². The van der Waals surface area contributed by atoms with E-state index in [0.29, 0.717) is 30.2 Å². The summed E-state index contributed by atoms with van der Waals surface area (Å²) in [6, 6.07) is 19.9. The van der Waals surface area contributed by atoms with E-state index in [1.165, 1.54) is 24.3 Å². The van der Waals surface area contributed by atoms with Crippen LogP contribution in [-0.2, 0) is 20.9 Å². The van der Waals surface area contributed by atoms with Gasteiger partial charge in [0.05, 0.1) is 30.3 Å². The molecule has 1 N–H and O–H groups in total. The molecule has 0 spiro atoms. The summed E-state index contributed by atoms with van der Waals surface area (Å²) in [5.41, 5.74) is 3.15. The maximum absolute atomic E-state index is 12.9. The smallest absolute Gasteiger partial charge is 0.338 e. The highest BCUT2D eigenvalue weighted by Gasteiger charge is 2.39. The highest BCUT2D eigenvalue weighted by molar-refractivity contribution is 6.22. The molecule has 0 bridgehead atoms. The van der Waals surface area contributed by atoms with Crippen molar-refractivity contribution in [2.45, 2.75) is 32.9 Å². The van der Waals surface area contributed by atoms with Crippen molar-refractivity contribution < 1.29 is 28.7 Å². The largest absolute Gasteiger partial charge is 0.494 e. The molecule has 0 aromatic heterocycles. The van der Waals surface area contributed by atoms with E-state index in [0.717, 1.165) is 16.0 Å². The van der Waals surface area contributed by atoms with Crippen LogP contribution in [0.25, 0.3) is 0 Å². The summed E-state index contributed by atoms with van der Waals surface area (Å²) in [6.07, 6.45) is 0.0577. The monoisotopic (exact) mass is 500 g/mol. The highest BCUT2D eigenvalue weighted by Crippen LogP contribution is 2.24. The summed E-state index contributed by atoms with van der Waals surface area (Å²) in [6.45, 7) is 4.45. The van der Waals surface area contributed by atoms with Gasteiger partial charge in [0, 0.05) is 12.1 Å². The lowest BCUT2D eigenvalue weighted by Crippen LogP contribution is -2.38. The first-order valence-corrected chi connectivity index (χ1v) is 12.0. The lowest BCUT2D eigenvalue weighted by Gasteiger charge is -2.16. The average Bonchev–Trinajstić information content (AvgIpc) is 3.20. The molecule has 37 heavy (non-hydrogen) atoms. The van der Waals surface area contributed by atoms with Gasteiger partial charge in [0.2, 0.25) is 5.91 Å². The predicted octanol–water partition coefficient (Wildman–Crippen LogP) is 3.86. The van der Waals surface area contributed by atoms with Crippen LogP contribution in [0.3, 0.4) is 0 Å². The van der Waals surface area contributed by atoms with Crippen LogP contribution in [0.1, 0.15) is 45.2 Å². The molecule has 0 saturated carbocycles. The number of anilines is 1. The van der Waals surface area contributed by atoms with Crippen molar-refractivity contribution in [1.82, 2.24) is 5.32 Å². The van der Waals surface area contributed by atoms with E-state index in [1.807, 2.05) is 38.1 Å². The highest BCUT2D eigenvalue weighted by atomic mass is 16.5. The van der Waals surface area contributed by atoms with E-state index in [1.54, 1.807) is 24.3 Å². The minimum absolute atomic E-state index is 0.0577. The molecule has 1 unspecified atom stereocenters. The van der Waals surface area contributed by atoms with Crippen LogP contribution >= 0.6 is 0 Å². The number of Topliss-reactive ketones (excluding diaryl/α,β-unsaturated/α-hetero) is 1. The van der Waals surface area contributed by atoms with Crippen LogP contribution in [0.2, 0.25) is 0 Å². The van der Waals surface area contributed by atoms with E-state index in [4.69, 9.17) is 9.47 Å². The number of rotatable bonds is 10. The van der Waals surface area contributed by atoms with Crippen LogP contribution in [0.5, 0.6) is 5.75 Å². The lowest BCUT2D eigenvalue weighted by molar-refractivity contribution is -0.121. The zero-order valence-electron chi connectivity index (χ0n) is 20.7. The number of ether oxygens (including phenoxy) is 2. The van der Waals surface area contributed by atoms with Crippen LogP contribution < -0.4 is 15.0 Å². The second-order valence-corrected chi connectivity index (χ2v) is 8.69. The third kappa shape index (κ3) is 6.29. The zero-order chi connectivity index (χ0) is 26.4. The molecule has 1 saturated heterocycles. The summed E-state index contributed by atoms with van der Waals surface area (Å²) in [7, 11) is 0. The van der Waals surface area contributed by atoms with Crippen LogP contribution in [0.4, 0.5) is 5.69 Å². The number of nitrogens with one attached hydrogen (secondary N) is 1. The number of carbonyl (C=O) groups is 4. The van der Waals surface area contributed by atoms with Crippen molar-refractivity contribution >= 4 is 29.3 Å². The molecule has 4 rings (SSSR count). The minimum atomic E-state index is -0.678. The van der Waals surface area contributed by atoms with Gasteiger partial charge in [-0.2, -0.15) is 0 Å². The van der Waals surface area contributed by atoms with Gasteiger partial charge in [-0.3, -0.25) is 14.4 Å². The van der Waals surface area contributed by atoms with Crippen LogP contribution in [0, 0.1) is 6.92 Å². The summed E-state index contributed by atoms with van der Waals surface area (Å²) in [4.78, 5) is 51.3. The van der Waals surface area contributed by atoms with Gasteiger partial charge < -0.3 is 14.8 Å². The number of imide groups is 1. The Balaban J connectivity index is 1.31. The van der Waals surface area contributed by atoms with E-state index >= 15 is 0 Å². The first-order chi connectivity index (χ1) is 17.9. The summed E-state index contributed by atoms with van der Waals surface area (Å²) >= 11 is 0. The maximum atomic E-state index is 12.9. The molecule has 0 radical (unpaired) electrons. The van der Waals surface area contributed by atoms with E-state index in [9.17, 15) is 19.2 Å². The molecule has 3 aromatic rings. The Labute approximate surface area is 215 Å². The van der Waals surface area contributed by atoms with E-state index in [-0.39, 0.29) is 29.6 Å². The Morgan fingerprint density at radius 2 is 1.57 bits per heavy atom. The first kappa shape index (κ1) is 25.8. The average molecular weight is 501 g/mol. The number of ketones is 1. The molecule has 0 aliphatic carbocycles. The van der Waals surface area contributed by atoms with Crippen molar-refractivity contribution in [3.05, 3.63) is 95.1 Å². The fraction of sp³-hybridized carbons (Fsp3) is 0.241. The fourth-order valence-electron chi connectivity index (χ4n) is 3.96. The third-order valence-electron chi connectivity index (χ3n) is 6.00. The van der Waals surface area contributed by atoms with Crippen molar-refractivity contribution in [2.24, 2.45) is 0 Å². The van der Waals surface area contributed by atoms with Gasteiger partial charge in [-0.25, -0.2) is 9.69 Å². The normalized spacial score (nSPS) is 15.1. The number of benzene rings is 3. The molecule has 1 atom stereocenters. The van der Waals surface area contributed by atoms with Crippen LogP contribution in [-0.4, -0.2) is 42.8 Å². The second kappa shape index (κ2) is 11.6.